The van der Waals surface area contributed by atoms with Crippen molar-refractivity contribution in [2.75, 3.05) is 20.6 Å². The fraction of sp³-hybridized carbons (Fsp3) is 0.615. The van der Waals surface area contributed by atoms with E-state index >= 15 is 0 Å². The molecule has 4 heteroatoms. The molecule has 0 aromatic carbocycles. The number of amides is 1. The van der Waals surface area contributed by atoms with Gasteiger partial charge >= 0.3 is 0 Å². The van der Waals surface area contributed by atoms with Crippen molar-refractivity contribution in [3.63, 3.8) is 0 Å². The van der Waals surface area contributed by atoms with E-state index in [0.29, 0.717) is 12.5 Å². The average Bonchev–Trinajstić information content (AvgIpc) is 2.77. The summed E-state index contributed by atoms with van der Waals surface area (Å²) in [5.41, 5.74) is 1.13. The lowest BCUT2D eigenvalue weighted by atomic mass is 9.94. The number of nitrogens with zero attached hydrogens (tertiary/aromatic N) is 1. The summed E-state index contributed by atoms with van der Waals surface area (Å²) in [6.07, 6.45) is 3.80. The molecule has 0 saturated carbocycles. The van der Waals surface area contributed by atoms with Crippen LogP contribution in [0.25, 0.3) is 0 Å². The highest BCUT2D eigenvalue weighted by Crippen LogP contribution is 2.14. The molecule has 1 amide bonds. The third-order valence-corrected chi connectivity index (χ3v) is 3.00. The molecular weight excluding hydrogens is 214 g/mol. The maximum Gasteiger partial charge on any atom is 0.227 e. The third kappa shape index (κ3) is 3.89. The Kier molecular flexibility index (Phi) is 5.22. The Morgan fingerprint density at radius 3 is 2.71 bits per heavy atom. The summed E-state index contributed by atoms with van der Waals surface area (Å²) in [4.78, 5) is 17.1. The van der Waals surface area contributed by atoms with E-state index in [9.17, 15) is 4.79 Å². The molecule has 0 radical (unpaired) electrons. The molecule has 0 spiro atoms. The molecule has 96 valence electrons. The average molecular weight is 237 g/mol. The van der Waals surface area contributed by atoms with Gasteiger partial charge in [-0.05, 0) is 24.6 Å². The lowest BCUT2D eigenvalue weighted by Gasteiger charge is -2.26. The molecule has 1 unspecified atom stereocenters. The molecule has 0 fully saturated rings. The molecule has 17 heavy (non-hydrogen) atoms. The van der Waals surface area contributed by atoms with Gasteiger partial charge in [0.15, 0.2) is 0 Å². The molecule has 1 rings (SSSR count). The van der Waals surface area contributed by atoms with Crippen LogP contribution in [0.5, 0.6) is 0 Å². The SMILES string of the molecule is CNCC(C(=O)N(C)Cc1cc[nH]c1)C(C)C. The summed E-state index contributed by atoms with van der Waals surface area (Å²) in [5, 5.41) is 3.09. The summed E-state index contributed by atoms with van der Waals surface area (Å²) in [6, 6.07) is 1.99. The standard InChI is InChI=1S/C13H23N3O/c1-10(2)12(8-14-3)13(17)16(4)9-11-5-6-15-7-11/h5-7,10,12,14-15H,8-9H2,1-4H3. The Morgan fingerprint density at radius 1 is 1.53 bits per heavy atom. The molecule has 1 atom stereocenters. The van der Waals surface area contributed by atoms with Crippen LogP contribution in [0.4, 0.5) is 0 Å². The van der Waals surface area contributed by atoms with E-state index in [-0.39, 0.29) is 11.8 Å². The summed E-state index contributed by atoms with van der Waals surface area (Å²) in [6.45, 7) is 5.57. The maximum atomic E-state index is 12.3. The summed E-state index contributed by atoms with van der Waals surface area (Å²) < 4.78 is 0. The van der Waals surface area contributed by atoms with Crippen LogP contribution in [0, 0.1) is 11.8 Å². The minimum atomic E-state index is 0.0453. The van der Waals surface area contributed by atoms with Gasteiger partial charge in [-0.2, -0.15) is 0 Å². The first-order valence-electron chi connectivity index (χ1n) is 6.07. The van der Waals surface area contributed by atoms with Gasteiger partial charge in [0, 0.05) is 32.5 Å². The normalized spacial score (nSPS) is 12.8. The Morgan fingerprint density at radius 2 is 2.24 bits per heavy atom. The van der Waals surface area contributed by atoms with Gasteiger partial charge in [-0.3, -0.25) is 4.79 Å². The Hall–Kier alpha value is -1.29. The van der Waals surface area contributed by atoms with E-state index in [1.807, 2.05) is 32.6 Å². The monoisotopic (exact) mass is 237 g/mol. The van der Waals surface area contributed by atoms with E-state index in [1.165, 1.54) is 0 Å². The first kappa shape index (κ1) is 13.8. The molecular formula is C13H23N3O. The van der Waals surface area contributed by atoms with Crippen LogP contribution in [0.3, 0.4) is 0 Å². The van der Waals surface area contributed by atoms with Crippen molar-refractivity contribution in [2.45, 2.75) is 20.4 Å². The van der Waals surface area contributed by atoms with Crippen molar-refractivity contribution in [1.29, 1.82) is 0 Å². The van der Waals surface area contributed by atoms with Gasteiger partial charge in [0.1, 0.15) is 0 Å². The molecule has 0 saturated heterocycles. The third-order valence-electron chi connectivity index (χ3n) is 3.00. The Balaban J connectivity index is 2.60. The van der Waals surface area contributed by atoms with E-state index in [0.717, 1.165) is 12.1 Å². The number of aromatic amines is 1. The molecule has 0 aliphatic carbocycles. The van der Waals surface area contributed by atoms with Gasteiger partial charge in [-0.25, -0.2) is 0 Å². The van der Waals surface area contributed by atoms with Crippen LogP contribution in [-0.2, 0) is 11.3 Å². The second kappa shape index (κ2) is 6.45. The van der Waals surface area contributed by atoms with Crippen molar-refractivity contribution in [1.82, 2.24) is 15.2 Å². The van der Waals surface area contributed by atoms with Crippen LogP contribution in [0.15, 0.2) is 18.5 Å². The molecule has 2 N–H and O–H groups in total. The fourth-order valence-electron chi connectivity index (χ4n) is 1.92. The maximum absolute atomic E-state index is 12.3. The second-order valence-corrected chi connectivity index (χ2v) is 4.82. The zero-order valence-corrected chi connectivity index (χ0v) is 11.2. The molecule has 1 heterocycles. The minimum Gasteiger partial charge on any atom is -0.367 e. The second-order valence-electron chi connectivity index (χ2n) is 4.82. The highest BCUT2D eigenvalue weighted by atomic mass is 16.2. The van der Waals surface area contributed by atoms with Crippen LogP contribution in [0.1, 0.15) is 19.4 Å². The van der Waals surface area contributed by atoms with E-state index < -0.39 is 0 Å². The molecule has 1 aromatic rings. The number of carbonyl (C=O) groups is 1. The van der Waals surface area contributed by atoms with Crippen LogP contribution >= 0.6 is 0 Å². The fourth-order valence-corrected chi connectivity index (χ4v) is 1.92. The van der Waals surface area contributed by atoms with Crippen molar-refractivity contribution < 1.29 is 4.79 Å². The number of nitrogens with one attached hydrogen (secondary N) is 2. The van der Waals surface area contributed by atoms with Crippen LogP contribution in [0.2, 0.25) is 0 Å². The smallest absolute Gasteiger partial charge is 0.227 e. The van der Waals surface area contributed by atoms with Gasteiger partial charge < -0.3 is 15.2 Å². The largest absolute Gasteiger partial charge is 0.367 e. The van der Waals surface area contributed by atoms with E-state index in [4.69, 9.17) is 0 Å². The number of aromatic nitrogens is 1. The predicted molar refractivity (Wildman–Crippen MR) is 69.5 cm³/mol. The Bertz CT molecular complexity index is 332. The van der Waals surface area contributed by atoms with Crippen molar-refractivity contribution in [3.05, 3.63) is 24.0 Å². The van der Waals surface area contributed by atoms with Gasteiger partial charge in [0.25, 0.3) is 0 Å². The zero-order valence-electron chi connectivity index (χ0n) is 11.2. The number of hydrogen-bond acceptors (Lipinski definition) is 2. The zero-order chi connectivity index (χ0) is 12.8. The summed E-state index contributed by atoms with van der Waals surface area (Å²) in [5.74, 6) is 0.600. The highest BCUT2D eigenvalue weighted by molar-refractivity contribution is 5.79. The van der Waals surface area contributed by atoms with E-state index in [2.05, 4.69) is 24.1 Å². The van der Waals surface area contributed by atoms with Crippen LogP contribution < -0.4 is 5.32 Å². The van der Waals surface area contributed by atoms with Gasteiger partial charge in [0.2, 0.25) is 5.91 Å². The van der Waals surface area contributed by atoms with Crippen molar-refractivity contribution in [3.8, 4) is 0 Å². The lowest BCUT2D eigenvalue weighted by Crippen LogP contribution is -2.39. The summed E-state index contributed by atoms with van der Waals surface area (Å²) in [7, 11) is 3.75. The topological polar surface area (TPSA) is 48.1 Å². The number of carbonyl (C=O) groups excluding carboxylic acids is 1. The molecule has 0 aliphatic rings. The first-order chi connectivity index (χ1) is 8.06. The predicted octanol–water partition coefficient (Wildman–Crippen LogP) is 1.46. The molecule has 0 bridgehead atoms. The van der Waals surface area contributed by atoms with Gasteiger partial charge in [-0.15, -0.1) is 0 Å². The minimum absolute atomic E-state index is 0.0453. The summed E-state index contributed by atoms with van der Waals surface area (Å²) >= 11 is 0. The van der Waals surface area contributed by atoms with Crippen molar-refractivity contribution in [2.24, 2.45) is 11.8 Å². The highest BCUT2D eigenvalue weighted by Gasteiger charge is 2.24. The quantitative estimate of drug-likeness (QED) is 0.787. The molecule has 0 aliphatic heterocycles. The number of rotatable bonds is 6. The van der Waals surface area contributed by atoms with Gasteiger partial charge in [-0.1, -0.05) is 13.8 Å². The van der Waals surface area contributed by atoms with E-state index in [1.54, 1.807) is 4.90 Å². The van der Waals surface area contributed by atoms with Crippen LogP contribution in [-0.4, -0.2) is 36.4 Å². The number of hydrogen-bond donors (Lipinski definition) is 2. The van der Waals surface area contributed by atoms with Gasteiger partial charge in [0.05, 0.1) is 5.92 Å². The molecule has 4 nitrogen and oxygen atoms in total. The first-order valence-corrected chi connectivity index (χ1v) is 6.07. The Labute approximate surface area is 103 Å². The molecule has 1 aromatic heterocycles. The lowest BCUT2D eigenvalue weighted by molar-refractivity contribution is -0.136. The van der Waals surface area contributed by atoms with Crippen molar-refractivity contribution >= 4 is 5.91 Å². The number of H-pyrrole nitrogens is 1.